The normalized spacial score (nSPS) is 10.6. The molecule has 2 aromatic carbocycles. The van der Waals surface area contributed by atoms with E-state index in [0.717, 1.165) is 16.9 Å². The molecule has 24 heavy (non-hydrogen) atoms. The van der Waals surface area contributed by atoms with Crippen molar-refractivity contribution in [3.8, 4) is 22.8 Å². The number of aryl methyl sites for hydroxylation is 1. The van der Waals surface area contributed by atoms with Gasteiger partial charge in [-0.1, -0.05) is 12.7 Å². The second-order valence-electron chi connectivity index (χ2n) is 5.44. The molecular formula is C20H18O4. The Bertz CT molecular complexity index is 936. The van der Waals surface area contributed by atoms with Crippen molar-refractivity contribution in [3.63, 3.8) is 0 Å². The van der Waals surface area contributed by atoms with Crippen LogP contribution in [0, 0.1) is 6.92 Å². The van der Waals surface area contributed by atoms with Gasteiger partial charge in [0, 0.05) is 11.6 Å². The molecule has 3 rings (SSSR count). The summed E-state index contributed by atoms with van der Waals surface area (Å²) >= 11 is 0. The molecule has 0 unspecified atom stereocenters. The fourth-order valence-electron chi connectivity index (χ4n) is 2.56. The summed E-state index contributed by atoms with van der Waals surface area (Å²) < 4.78 is 16.7. The number of benzene rings is 2. The van der Waals surface area contributed by atoms with Crippen LogP contribution in [0.4, 0.5) is 0 Å². The number of hydrogen-bond acceptors (Lipinski definition) is 4. The van der Waals surface area contributed by atoms with Gasteiger partial charge in [0.1, 0.15) is 34.8 Å². The molecule has 122 valence electrons. The van der Waals surface area contributed by atoms with Gasteiger partial charge in [0.2, 0.25) is 0 Å². The van der Waals surface area contributed by atoms with E-state index < -0.39 is 0 Å². The maximum absolute atomic E-state index is 12.5. The first-order valence-corrected chi connectivity index (χ1v) is 7.59. The van der Waals surface area contributed by atoms with Gasteiger partial charge in [0.05, 0.1) is 7.11 Å². The zero-order valence-corrected chi connectivity index (χ0v) is 13.7. The van der Waals surface area contributed by atoms with Crippen LogP contribution in [0.1, 0.15) is 5.56 Å². The lowest BCUT2D eigenvalue weighted by Gasteiger charge is -2.09. The Labute approximate surface area is 139 Å². The van der Waals surface area contributed by atoms with Gasteiger partial charge < -0.3 is 13.9 Å². The van der Waals surface area contributed by atoms with E-state index in [2.05, 4.69) is 6.58 Å². The number of ether oxygens (including phenoxy) is 2. The van der Waals surface area contributed by atoms with Crippen LogP contribution in [0.25, 0.3) is 22.3 Å². The summed E-state index contributed by atoms with van der Waals surface area (Å²) in [5, 5.41) is 0.456. The molecule has 0 aliphatic rings. The minimum Gasteiger partial charge on any atom is -0.496 e. The summed E-state index contributed by atoms with van der Waals surface area (Å²) in [6, 6.07) is 12.5. The van der Waals surface area contributed by atoms with Crippen molar-refractivity contribution in [2.45, 2.75) is 6.92 Å². The summed E-state index contributed by atoms with van der Waals surface area (Å²) in [6.07, 6.45) is 1.69. The van der Waals surface area contributed by atoms with Crippen LogP contribution in [-0.4, -0.2) is 13.7 Å². The molecule has 0 saturated carbocycles. The van der Waals surface area contributed by atoms with Gasteiger partial charge in [-0.2, -0.15) is 0 Å². The molecule has 1 aromatic heterocycles. The highest BCUT2D eigenvalue weighted by atomic mass is 16.5. The van der Waals surface area contributed by atoms with Crippen LogP contribution >= 0.6 is 0 Å². The van der Waals surface area contributed by atoms with Crippen LogP contribution in [0.5, 0.6) is 11.5 Å². The van der Waals surface area contributed by atoms with E-state index in [9.17, 15) is 4.79 Å². The van der Waals surface area contributed by atoms with Crippen molar-refractivity contribution < 1.29 is 13.9 Å². The lowest BCUT2D eigenvalue weighted by molar-refractivity contribution is 0.363. The molecular weight excluding hydrogens is 304 g/mol. The van der Waals surface area contributed by atoms with E-state index in [0.29, 0.717) is 29.1 Å². The number of rotatable bonds is 5. The van der Waals surface area contributed by atoms with E-state index in [1.807, 2.05) is 43.3 Å². The van der Waals surface area contributed by atoms with E-state index in [-0.39, 0.29) is 5.43 Å². The molecule has 0 amide bonds. The van der Waals surface area contributed by atoms with Crippen LogP contribution < -0.4 is 14.9 Å². The van der Waals surface area contributed by atoms with Crippen molar-refractivity contribution in [1.82, 2.24) is 0 Å². The average Bonchev–Trinajstić information content (AvgIpc) is 2.59. The Morgan fingerprint density at radius 3 is 2.58 bits per heavy atom. The minimum absolute atomic E-state index is 0.130. The highest BCUT2D eigenvalue weighted by Crippen LogP contribution is 2.29. The van der Waals surface area contributed by atoms with Gasteiger partial charge in [0.15, 0.2) is 5.43 Å². The van der Waals surface area contributed by atoms with Crippen molar-refractivity contribution in [3.05, 3.63) is 70.9 Å². The molecule has 0 aliphatic heterocycles. The summed E-state index contributed by atoms with van der Waals surface area (Å²) in [5.74, 6) is 1.77. The summed E-state index contributed by atoms with van der Waals surface area (Å²) in [4.78, 5) is 12.5. The van der Waals surface area contributed by atoms with Gasteiger partial charge in [-0.05, 0) is 48.9 Å². The van der Waals surface area contributed by atoms with E-state index in [1.54, 1.807) is 13.2 Å². The quantitative estimate of drug-likeness (QED) is 0.656. The highest BCUT2D eigenvalue weighted by molar-refractivity contribution is 5.85. The maximum atomic E-state index is 12.5. The molecule has 0 N–H and O–H groups in total. The van der Waals surface area contributed by atoms with Gasteiger partial charge in [0.25, 0.3) is 0 Å². The van der Waals surface area contributed by atoms with Crippen molar-refractivity contribution >= 4 is 11.0 Å². The van der Waals surface area contributed by atoms with Crippen LogP contribution in [-0.2, 0) is 0 Å². The van der Waals surface area contributed by atoms with E-state index in [1.165, 1.54) is 6.07 Å². The van der Waals surface area contributed by atoms with Crippen molar-refractivity contribution in [2.24, 2.45) is 0 Å². The predicted molar refractivity (Wildman–Crippen MR) is 94.9 cm³/mol. The summed E-state index contributed by atoms with van der Waals surface area (Å²) in [5.41, 5.74) is 2.16. The van der Waals surface area contributed by atoms with Gasteiger partial charge in [-0.25, -0.2) is 0 Å². The third-order valence-corrected chi connectivity index (χ3v) is 3.67. The molecule has 0 radical (unpaired) electrons. The molecule has 0 aliphatic carbocycles. The van der Waals surface area contributed by atoms with Crippen LogP contribution in [0.2, 0.25) is 0 Å². The SMILES string of the molecule is C=CCOc1ccc(-c2cc(=O)c3c(OC)cc(C)cc3o2)cc1. The average molecular weight is 322 g/mol. The van der Waals surface area contributed by atoms with Crippen molar-refractivity contribution in [2.75, 3.05) is 13.7 Å². The standard InChI is InChI=1S/C20H18O4/c1-4-9-23-15-7-5-14(6-8-15)17-12-16(21)20-18(22-3)10-13(2)11-19(20)24-17/h4-8,10-12H,1,9H2,2-3H3. The van der Waals surface area contributed by atoms with Crippen LogP contribution in [0.15, 0.2) is 64.3 Å². The predicted octanol–water partition coefficient (Wildman–Crippen LogP) is 4.34. The first kappa shape index (κ1) is 15.9. The largest absolute Gasteiger partial charge is 0.496 e. The fourth-order valence-corrected chi connectivity index (χ4v) is 2.56. The maximum Gasteiger partial charge on any atom is 0.197 e. The highest BCUT2D eigenvalue weighted by Gasteiger charge is 2.12. The summed E-state index contributed by atoms with van der Waals surface area (Å²) in [7, 11) is 1.55. The Morgan fingerprint density at radius 1 is 1.17 bits per heavy atom. The molecule has 0 spiro atoms. The summed E-state index contributed by atoms with van der Waals surface area (Å²) in [6.45, 7) is 5.99. The molecule has 1 heterocycles. The molecule has 0 atom stereocenters. The Kier molecular flexibility index (Phi) is 4.38. The monoisotopic (exact) mass is 322 g/mol. The first-order valence-electron chi connectivity index (χ1n) is 7.59. The molecule has 0 fully saturated rings. The third kappa shape index (κ3) is 3.04. The minimum atomic E-state index is -0.130. The Hall–Kier alpha value is -3.01. The molecule has 4 nitrogen and oxygen atoms in total. The van der Waals surface area contributed by atoms with Gasteiger partial charge in [-0.15, -0.1) is 0 Å². The van der Waals surface area contributed by atoms with Gasteiger partial charge >= 0.3 is 0 Å². The molecule has 0 bridgehead atoms. The number of hydrogen-bond donors (Lipinski definition) is 0. The molecule has 0 saturated heterocycles. The Balaban J connectivity index is 2.07. The molecule has 3 aromatic rings. The Morgan fingerprint density at radius 2 is 1.92 bits per heavy atom. The zero-order chi connectivity index (χ0) is 17.1. The first-order chi connectivity index (χ1) is 11.6. The smallest absolute Gasteiger partial charge is 0.197 e. The zero-order valence-electron chi connectivity index (χ0n) is 13.7. The second kappa shape index (κ2) is 6.62. The lowest BCUT2D eigenvalue weighted by Crippen LogP contribution is -2.03. The van der Waals surface area contributed by atoms with Crippen molar-refractivity contribution in [1.29, 1.82) is 0 Å². The van der Waals surface area contributed by atoms with E-state index in [4.69, 9.17) is 13.9 Å². The third-order valence-electron chi connectivity index (χ3n) is 3.67. The number of fused-ring (bicyclic) bond motifs is 1. The van der Waals surface area contributed by atoms with Gasteiger partial charge in [-0.3, -0.25) is 4.79 Å². The molecule has 4 heteroatoms. The number of methoxy groups -OCH3 is 1. The fraction of sp³-hybridized carbons (Fsp3) is 0.150. The lowest BCUT2D eigenvalue weighted by atomic mass is 10.1. The topological polar surface area (TPSA) is 48.7 Å². The van der Waals surface area contributed by atoms with E-state index >= 15 is 0 Å². The van der Waals surface area contributed by atoms with Crippen LogP contribution in [0.3, 0.4) is 0 Å². The second-order valence-corrected chi connectivity index (χ2v) is 5.44.